The third kappa shape index (κ3) is 2.98. The summed E-state index contributed by atoms with van der Waals surface area (Å²) in [6.07, 6.45) is 2.30. The van der Waals surface area contributed by atoms with E-state index in [1.807, 2.05) is 6.07 Å². The minimum absolute atomic E-state index is 0.215. The van der Waals surface area contributed by atoms with Crippen LogP contribution >= 0.6 is 23.2 Å². The van der Waals surface area contributed by atoms with E-state index in [1.165, 1.54) is 0 Å². The molecule has 4 heteroatoms. The lowest BCUT2D eigenvalue weighted by Gasteiger charge is -2.33. The van der Waals surface area contributed by atoms with Gasteiger partial charge in [-0.2, -0.15) is 5.26 Å². The van der Waals surface area contributed by atoms with E-state index in [0.29, 0.717) is 10.0 Å². The van der Waals surface area contributed by atoms with Crippen LogP contribution in [-0.2, 0) is 0 Å². The van der Waals surface area contributed by atoms with E-state index < -0.39 is 0 Å². The summed E-state index contributed by atoms with van der Waals surface area (Å²) in [5, 5.41) is 10.4. The number of benzene rings is 1. The van der Waals surface area contributed by atoms with Crippen LogP contribution in [0.3, 0.4) is 0 Å². The molecule has 1 saturated heterocycles. The Hall–Kier alpha value is -0.750. The highest BCUT2D eigenvalue weighted by atomic mass is 35.5. The van der Waals surface area contributed by atoms with Crippen LogP contribution in [-0.4, -0.2) is 18.0 Å². The molecule has 0 spiro atoms. The molecule has 2 nitrogen and oxygen atoms in total. The maximum Gasteiger partial charge on any atom is 0.123 e. The van der Waals surface area contributed by atoms with Crippen LogP contribution in [0.15, 0.2) is 18.2 Å². The molecule has 1 aromatic rings. The molecule has 1 unspecified atom stereocenters. The highest BCUT2D eigenvalue weighted by Gasteiger charge is 2.24. The average molecular weight is 283 g/mol. The summed E-state index contributed by atoms with van der Waals surface area (Å²) in [5.74, 6) is 0.759. The summed E-state index contributed by atoms with van der Waals surface area (Å²) >= 11 is 11.9. The van der Waals surface area contributed by atoms with Crippen molar-refractivity contribution in [2.24, 2.45) is 5.92 Å². The zero-order valence-electron chi connectivity index (χ0n) is 10.4. The van der Waals surface area contributed by atoms with Crippen molar-refractivity contribution < 1.29 is 0 Å². The maximum atomic E-state index is 9.39. The number of hydrogen-bond donors (Lipinski definition) is 0. The van der Waals surface area contributed by atoms with Crippen LogP contribution in [0.4, 0.5) is 0 Å². The number of halogens is 2. The second-order valence-electron chi connectivity index (χ2n) is 4.92. The van der Waals surface area contributed by atoms with Gasteiger partial charge in [0.2, 0.25) is 0 Å². The molecule has 1 atom stereocenters. The van der Waals surface area contributed by atoms with E-state index in [9.17, 15) is 5.26 Å². The Labute approximate surface area is 118 Å². The van der Waals surface area contributed by atoms with Gasteiger partial charge < -0.3 is 0 Å². The fraction of sp³-hybridized carbons (Fsp3) is 0.500. The molecule has 0 saturated carbocycles. The first kappa shape index (κ1) is 13.7. The number of rotatable bonds is 2. The van der Waals surface area contributed by atoms with E-state index in [-0.39, 0.29) is 6.04 Å². The molecule has 0 aliphatic carbocycles. The quantitative estimate of drug-likeness (QED) is 0.809. The largest absolute Gasteiger partial charge is 0.284 e. The van der Waals surface area contributed by atoms with Gasteiger partial charge >= 0.3 is 0 Å². The van der Waals surface area contributed by atoms with Crippen molar-refractivity contribution in [1.29, 1.82) is 5.26 Å². The Bertz CT molecular complexity index is 459. The molecule has 1 aliphatic rings. The highest BCUT2D eigenvalue weighted by molar-refractivity contribution is 6.42. The van der Waals surface area contributed by atoms with Gasteiger partial charge in [0, 0.05) is 0 Å². The maximum absolute atomic E-state index is 9.39. The van der Waals surface area contributed by atoms with Crippen LogP contribution < -0.4 is 0 Å². The molecule has 0 aromatic heterocycles. The van der Waals surface area contributed by atoms with E-state index in [4.69, 9.17) is 23.2 Å². The van der Waals surface area contributed by atoms with Crippen molar-refractivity contribution >= 4 is 23.2 Å². The van der Waals surface area contributed by atoms with Crippen molar-refractivity contribution in [3.05, 3.63) is 33.8 Å². The normalized spacial score (nSPS) is 19.4. The summed E-state index contributed by atoms with van der Waals surface area (Å²) in [6.45, 7) is 4.21. The molecular weight excluding hydrogens is 267 g/mol. The van der Waals surface area contributed by atoms with Gasteiger partial charge in [0.05, 0.1) is 16.1 Å². The van der Waals surface area contributed by atoms with Crippen molar-refractivity contribution in [1.82, 2.24) is 4.90 Å². The SMILES string of the molecule is CC1CCN(C(C#N)c2ccc(Cl)c(Cl)c2)CC1. The Morgan fingerprint density at radius 2 is 1.94 bits per heavy atom. The summed E-state index contributed by atoms with van der Waals surface area (Å²) in [6, 6.07) is 7.61. The number of piperidine rings is 1. The second-order valence-corrected chi connectivity index (χ2v) is 5.74. The number of likely N-dealkylation sites (tertiary alicyclic amines) is 1. The van der Waals surface area contributed by atoms with Crippen molar-refractivity contribution in [3.63, 3.8) is 0 Å². The molecule has 0 amide bonds. The summed E-state index contributed by atoms with van der Waals surface area (Å²) in [4.78, 5) is 2.22. The van der Waals surface area contributed by atoms with Crippen LogP contribution in [0.5, 0.6) is 0 Å². The molecule has 2 rings (SSSR count). The van der Waals surface area contributed by atoms with Crippen LogP contribution in [0.1, 0.15) is 31.4 Å². The molecule has 0 N–H and O–H groups in total. The number of hydrogen-bond acceptors (Lipinski definition) is 2. The van der Waals surface area contributed by atoms with Crippen molar-refractivity contribution in [2.45, 2.75) is 25.8 Å². The fourth-order valence-electron chi connectivity index (χ4n) is 2.34. The van der Waals surface area contributed by atoms with Gasteiger partial charge in [-0.15, -0.1) is 0 Å². The molecule has 1 aliphatic heterocycles. The summed E-state index contributed by atoms with van der Waals surface area (Å²) < 4.78 is 0. The van der Waals surface area contributed by atoms with Gasteiger partial charge in [-0.05, 0) is 49.5 Å². The van der Waals surface area contributed by atoms with Gasteiger partial charge in [-0.1, -0.05) is 36.2 Å². The Balaban J connectivity index is 2.18. The predicted molar refractivity (Wildman–Crippen MR) is 74.8 cm³/mol. The van der Waals surface area contributed by atoms with Crippen LogP contribution in [0.25, 0.3) is 0 Å². The molecular formula is C14H16Cl2N2. The van der Waals surface area contributed by atoms with Gasteiger partial charge in [-0.3, -0.25) is 4.90 Å². The first-order valence-electron chi connectivity index (χ1n) is 6.20. The molecule has 96 valence electrons. The third-order valence-electron chi connectivity index (χ3n) is 3.57. The molecule has 18 heavy (non-hydrogen) atoms. The Kier molecular flexibility index (Phi) is 4.50. The number of nitrogens with zero attached hydrogens (tertiary/aromatic N) is 2. The molecule has 0 radical (unpaired) electrons. The molecule has 1 fully saturated rings. The van der Waals surface area contributed by atoms with Gasteiger partial charge in [0.15, 0.2) is 0 Å². The van der Waals surface area contributed by atoms with E-state index >= 15 is 0 Å². The van der Waals surface area contributed by atoms with Crippen molar-refractivity contribution in [3.8, 4) is 6.07 Å². The topological polar surface area (TPSA) is 27.0 Å². The summed E-state index contributed by atoms with van der Waals surface area (Å²) in [5.41, 5.74) is 0.932. The van der Waals surface area contributed by atoms with E-state index in [1.54, 1.807) is 12.1 Å². The van der Waals surface area contributed by atoms with Crippen molar-refractivity contribution in [2.75, 3.05) is 13.1 Å². The van der Waals surface area contributed by atoms with Gasteiger partial charge in [0.1, 0.15) is 6.04 Å². The zero-order valence-corrected chi connectivity index (χ0v) is 11.9. The predicted octanol–water partition coefficient (Wildman–Crippen LogP) is 4.29. The molecule has 1 heterocycles. The van der Waals surface area contributed by atoms with Gasteiger partial charge in [0.25, 0.3) is 0 Å². The van der Waals surface area contributed by atoms with E-state index in [0.717, 1.165) is 37.4 Å². The minimum Gasteiger partial charge on any atom is -0.284 e. The molecule has 1 aromatic carbocycles. The first-order chi connectivity index (χ1) is 8.61. The van der Waals surface area contributed by atoms with Gasteiger partial charge in [-0.25, -0.2) is 0 Å². The molecule has 0 bridgehead atoms. The Morgan fingerprint density at radius 1 is 1.28 bits per heavy atom. The number of nitriles is 1. The lowest BCUT2D eigenvalue weighted by Crippen LogP contribution is -2.35. The fourth-order valence-corrected chi connectivity index (χ4v) is 2.64. The second kappa shape index (κ2) is 5.93. The van der Waals surface area contributed by atoms with E-state index in [2.05, 4.69) is 17.9 Å². The third-order valence-corrected chi connectivity index (χ3v) is 4.30. The lowest BCUT2D eigenvalue weighted by molar-refractivity contribution is 0.165. The van der Waals surface area contributed by atoms with Crippen LogP contribution in [0, 0.1) is 17.2 Å². The monoisotopic (exact) mass is 282 g/mol. The highest BCUT2D eigenvalue weighted by Crippen LogP contribution is 2.30. The summed E-state index contributed by atoms with van der Waals surface area (Å²) in [7, 11) is 0. The Morgan fingerprint density at radius 3 is 2.50 bits per heavy atom. The first-order valence-corrected chi connectivity index (χ1v) is 6.96. The zero-order chi connectivity index (χ0) is 13.1. The minimum atomic E-state index is -0.215. The lowest BCUT2D eigenvalue weighted by atomic mass is 9.96. The average Bonchev–Trinajstić information content (AvgIpc) is 2.37. The van der Waals surface area contributed by atoms with Crippen LogP contribution in [0.2, 0.25) is 10.0 Å². The standard InChI is InChI=1S/C14H16Cl2N2/c1-10-4-6-18(7-5-10)14(9-17)11-2-3-12(15)13(16)8-11/h2-3,8,10,14H,4-7H2,1H3. The smallest absolute Gasteiger partial charge is 0.123 e.